The second-order valence-electron chi connectivity index (χ2n) is 3.76. The number of amides is 3. The zero-order chi connectivity index (χ0) is 14.8. The van der Waals surface area contributed by atoms with Gasteiger partial charge < -0.3 is 20.7 Å². The van der Waals surface area contributed by atoms with Crippen molar-refractivity contribution in [2.24, 2.45) is 0 Å². The number of hydrogen-bond donors (Lipinski definition) is 3. The maximum atomic E-state index is 11.5. The summed E-state index contributed by atoms with van der Waals surface area (Å²) in [6.07, 6.45) is 0. The lowest BCUT2D eigenvalue weighted by Crippen LogP contribution is -2.40. The first kappa shape index (κ1) is 15.5. The lowest BCUT2D eigenvalue weighted by Gasteiger charge is -2.08. The average molecular weight is 279 g/mol. The van der Waals surface area contributed by atoms with Crippen LogP contribution >= 0.6 is 0 Å². The van der Waals surface area contributed by atoms with Crippen molar-refractivity contribution in [1.29, 1.82) is 0 Å². The van der Waals surface area contributed by atoms with Gasteiger partial charge in [-0.3, -0.25) is 9.59 Å². The Bertz CT molecular complexity index is 462. The Hall–Kier alpha value is -2.57. The maximum Gasteiger partial charge on any atom is 0.325 e. The molecule has 1 rings (SSSR count). The van der Waals surface area contributed by atoms with E-state index in [1.807, 2.05) is 6.07 Å². The number of para-hydroxylation sites is 1. The van der Waals surface area contributed by atoms with Crippen LogP contribution in [0.5, 0.6) is 0 Å². The molecule has 0 aliphatic rings. The summed E-state index contributed by atoms with van der Waals surface area (Å²) in [4.78, 5) is 33.8. The summed E-state index contributed by atoms with van der Waals surface area (Å²) in [5.41, 5.74) is 0.622. The summed E-state index contributed by atoms with van der Waals surface area (Å²) in [7, 11) is 0. The molecular weight excluding hydrogens is 262 g/mol. The Morgan fingerprint density at radius 3 is 2.40 bits per heavy atom. The summed E-state index contributed by atoms with van der Waals surface area (Å²) in [5, 5.41) is 7.26. The smallest absolute Gasteiger partial charge is 0.325 e. The molecule has 0 spiro atoms. The fraction of sp³-hybridized carbons (Fsp3) is 0.308. The van der Waals surface area contributed by atoms with Crippen LogP contribution in [-0.4, -0.2) is 37.6 Å². The SMILES string of the molecule is CCOC(=O)CNC(=O)CNC(=O)Nc1ccccc1. The van der Waals surface area contributed by atoms with E-state index in [0.29, 0.717) is 5.69 Å². The van der Waals surface area contributed by atoms with Gasteiger partial charge in [0.05, 0.1) is 13.2 Å². The van der Waals surface area contributed by atoms with E-state index in [1.165, 1.54) is 0 Å². The van der Waals surface area contributed by atoms with Crippen molar-refractivity contribution in [2.75, 3.05) is 25.0 Å². The van der Waals surface area contributed by atoms with E-state index >= 15 is 0 Å². The van der Waals surface area contributed by atoms with E-state index in [9.17, 15) is 14.4 Å². The summed E-state index contributed by atoms with van der Waals surface area (Å²) >= 11 is 0. The molecule has 0 saturated carbocycles. The average Bonchev–Trinajstić information content (AvgIpc) is 2.44. The first-order valence-electron chi connectivity index (χ1n) is 6.14. The quantitative estimate of drug-likeness (QED) is 0.660. The molecule has 1 aromatic rings. The van der Waals surface area contributed by atoms with Crippen molar-refractivity contribution in [2.45, 2.75) is 6.92 Å². The monoisotopic (exact) mass is 279 g/mol. The lowest BCUT2D eigenvalue weighted by molar-refractivity contribution is -0.143. The largest absolute Gasteiger partial charge is 0.465 e. The minimum absolute atomic E-state index is 0.214. The van der Waals surface area contributed by atoms with Gasteiger partial charge in [0.25, 0.3) is 0 Å². The molecule has 0 saturated heterocycles. The normalized spacial score (nSPS) is 9.45. The van der Waals surface area contributed by atoms with Crippen molar-refractivity contribution in [3.05, 3.63) is 30.3 Å². The highest BCUT2D eigenvalue weighted by atomic mass is 16.5. The van der Waals surface area contributed by atoms with Crippen molar-refractivity contribution in [3.8, 4) is 0 Å². The standard InChI is InChI=1S/C13H17N3O4/c1-2-20-12(18)9-14-11(17)8-15-13(19)16-10-6-4-3-5-7-10/h3-7H,2,8-9H2,1H3,(H,14,17)(H2,15,16,19). The van der Waals surface area contributed by atoms with E-state index < -0.39 is 17.9 Å². The maximum absolute atomic E-state index is 11.5. The number of nitrogens with one attached hydrogen (secondary N) is 3. The first-order valence-corrected chi connectivity index (χ1v) is 6.14. The summed E-state index contributed by atoms with van der Waals surface area (Å²) in [6.45, 7) is 1.49. The van der Waals surface area contributed by atoms with Crippen LogP contribution in [0.2, 0.25) is 0 Å². The van der Waals surface area contributed by atoms with Gasteiger partial charge >= 0.3 is 12.0 Å². The van der Waals surface area contributed by atoms with E-state index in [-0.39, 0.29) is 19.7 Å². The Kier molecular flexibility index (Phi) is 6.60. The highest BCUT2D eigenvalue weighted by molar-refractivity contribution is 5.92. The Balaban J connectivity index is 2.20. The third-order valence-electron chi connectivity index (χ3n) is 2.18. The van der Waals surface area contributed by atoms with E-state index in [4.69, 9.17) is 0 Å². The van der Waals surface area contributed by atoms with Gasteiger partial charge in [-0.2, -0.15) is 0 Å². The Morgan fingerprint density at radius 1 is 1.05 bits per heavy atom. The lowest BCUT2D eigenvalue weighted by atomic mass is 10.3. The van der Waals surface area contributed by atoms with Gasteiger partial charge in [0.1, 0.15) is 6.54 Å². The molecule has 1 aromatic carbocycles. The van der Waals surface area contributed by atoms with Gasteiger partial charge in [-0.1, -0.05) is 18.2 Å². The van der Waals surface area contributed by atoms with Gasteiger partial charge in [0, 0.05) is 5.69 Å². The number of benzene rings is 1. The third kappa shape index (κ3) is 6.39. The highest BCUT2D eigenvalue weighted by Crippen LogP contribution is 2.03. The van der Waals surface area contributed by atoms with Crippen LogP contribution in [0.1, 0.15) is 6.92 Å². The molecule has 0 heterocycles. The molecule has 0 aromatic heterocycles. The third-order valence-corrected chi connectivity index (χ3v) is 2.18. The molecule has 0 atom stereocenters. The van der Waals surface area contributed by atoms with Gasteiger partial charge in [0.15, 0.2) is 0 Å². The molecule has 0 fully saturated rings. The number of urea groups is 1. The predicted molar refractivity (Wildman–Crippen MR) is 73.1 cm³/mol. The van der Waals surface area contributed by atoms with Crippen LogP contribution in [0.25, 0.3) is 0 Å². The number of carbonyl (C=O) groups excluding carboxylic acids is 3. The fourth-order valence-electron chi connectivity index (χ4n) is 1.30. The van der Waals surface area contributed by atoms with Crippen molar-refractivity contribution < 1.29 is 19.1 Å². The topological polar surface area (TPSA) is 96.5 Å². The van der Waals surface area contributed by atoms with Gasteiger partial charge in [-0.05, 0) is 19.1 Å². The molecule has 20 heavy (non-hydrogen) atoms. The van der Waals surface area contributed by atoms with Gasteiger partial charge in [-0.15, -0.1) is 0 Å². The summed E-state index contributed by atoms with van der Waals surface area (Å²) < 4.78 is 4.64. The minimum atomic E-state index is -0.519. The Morgan fingerprint density at radius 2 is 1.75 bits per heavy atom. The molecule has 7 heteroatoms. The van der Waals surface area contributed by atoms with Crippen LogP contribution in [0, 0.1) is 0 Å². The van der Waals surface area contributed by atoms with Crippen LogP contribution in [0.4, 0.5) is 10.5 Å². The second-order valence-corrected chi connectivity index (χ2v) is 3.76. The molecule has 108 valence electrons. The number of rotatable bonds is 6. The second kappa shape index (κ2) is 8.52. The van der Waals surface area contributed by atoms with Crippen molar-refractivity contribution in [3.63, 3.8) is 0 Å². The molecule has 0 aliphatic heterocycles. The molecule has 0 unspecified atom stereocenters. The molecule has 0 aliphatic carbocycles. The Labute approximate surface area is 116 Å². The molecular formula is C13H17N3O4. The molecule has 7 nitrogen and oxygen atoms in total. The minimum Gasteiger partial charge on any atom is -0.465 e. The van der Waals surface area contributed by atoms with Crippen LogP contribution in [-0.2, 0) is 14.3 Å². The molecule has 3 N–H and O–H groups in total. The number of ether oxygens (including phenoxy) is 1. The van der Waals surface area contributed by atoms with Crippen LogP contribution in [0.15, 0.2) is 30.3 Å². The highest BCUT2D eigenvalue weighted by Gasteiger charge is 2.07. The van der Waals surface area contributed by atoms with E-state index in [0.717, 1.165) is 0 Å². The zero-order valence-corrected chi connectivity index (χ0v) is 11.1. The number of esters is 1. The zero-order valence-electron chi connectivity index (χ0n) is 11.1. The predicted octanol–water partition coefficient (Wildman–Crippen LogP) is 0.487. The van der Waals surface area contributed by atoms with Crippen LogP contribution in [0.3, 0.4) is 0 Å². The van der Waals surface area contributed by atoms with Crippen LogP contribution < -0.4 is 16.0 Å². The number of carbonyl (C=O) groups is 3. The summed E-state index contributed by atoms with van der Waals surface area (Å²) in [6, 6.07) is 8.33. The number of hydrogen-bond acceptors (Lipinski definition) is 4. The first-order chi connectivity index (χ1) is 9.61. The van der Waals surface area contributed by atoms with E-state index in [2.05, 4.69) is 20.7 Å². The van der Waals surface area contributed by atoms with Gasteiger partial charge in [0.2, 0.25) is 5.91 Å². The molecule has 0 bridgehead atoms. The van der Waals surface area contributed by atoms with Gasteiger partial charge in [-0.25, -0.2) is 4.79 Å². The van der Waals surface area contributed by atoms with Crippen molar-refractivity contribution >= 4 is 23.6 Å². The summed E-state index contributed by atoms with van der Waals surface area (Å²) in [5.74, 6) is -0.990. The fourth-order valence-corrected chi connectivity index (χ4v) is 1.30. The molecule has 0 radical (unpaired) electrons. The molecule has 3 amide bonds. The van der Waals surface area contributed by atoms with E-state index in [1.54, 1.807) is 31.2 Å². The number of anilines is 1. The van der Waals surface area contributed by atoms with Crippen molar-refractivity contribution in [1.82, 2.24) is 10.6 Å².